The first-order valence-corrected chi connectivity index (χ1v) is 8.00. The van der Waals surface area contributed by atoms with Gasteiger partial charge in [0.25, 0.3) is 5.91 Å². The highest BCUT2D eigenvalue weighted by atomic mass is 19.2. The third kappa shape index (κ3) is 4.14. The molecule has 0 aliphatic carbocycles. The van der Waals surface area contributed by atoms with Crippen LogP contribution in [0.15, 0.2) is 48.8 Å². The third-order valence-electron chi connectivity index (χ3n) is 3.72. The van der Waals surface area contributed by atoms with E-state index < -0.39 is 29.0 Å². The Kier molecular flexibility index (Phi) is 5.35. The number of Topliss-reactive ketones (excluding diaryl/α,β-unsaturated/α-hetero) is 1. The number of amides is 1. The summed E-state index contributed by atoms with van der Waals surface area (Å²) in [4.78, 5) is 31.5. The number of nitrogens with one attached hydrogen (secondary N) is 2. The molecule has 6 nitrogen and oxygen atoms in total. The summed E-state index contributed by atoms with van der Waals surface area (Å²) in [5, 5.41) is 5.05. The molecule has 2 aromatic carbocycles. The Bertz CT molecular complexity index is 1070. The van der Waals surface area contributed by atoms with Gasteiger partial charge in [-0.25, -0.2) is 23.1 Å². The molecular weight excluding hydrogens is 373 g/mol. The predicted molar refractivity (Wildman–Crippen MR) is 96.0 cm³/mol. The summed E-state index contributed by atoms with van der Waals surface area (Å²) in [7, 11) is 0. The molecule has 0 unspecified atom stereocenters. The number of benzene rings is 2. The summed E-state index contributed by atoms with van der Waals surface area (Å²) in [6.45, 7) is 1.43. The first-order chi connectivity index (χ1) is 13.3. The van der Waals surface area contributed by atoms with Crippen molar-refractivity contribution >= 4 is 28.9 Å². The molecule has 28 heavy (non-hydrogen) atoms. The van der Waals surface area contributed by atoms with Gasteiger partial charge >= 0.3 is 0 Å². The van der Waals surface area contributed by atoms with Gasteiger partial charge in [0.15, 0.2) is 23.2 Å². The lowest BCUT2D eigenvalue weighted by molar-refractivity contribution is 0.101. The van der Waals surface area contributed by atoms with Crippen LogP contribution < -0.4 is 10.6 Å². The Morgan fingerprint density at radius 1 is 0.964 bits per heavy atom. The van der Waals surface area contributed by atoms with Crippen LogP contribution in [0.3, 0.4) is 0 Å². The van der Waals surface area contributed by atoms with Crippen molar-refractivity contribution in [2.75, 3.05) is 10.6 Å². The van der Waals surface area contributed by atoms with Crippen LogP contribution in [0.4, 0.5) is 30.4 Å². The van der Waals surface area contributed by atoms with Crippen LogP contribution in [0.2, 0.25) is 0 Å². The van der Waals surface area contributed by atoms with Crippen LogP contribution >= 0.6 is 0 Å². The molecule has 2 N–H and O–H groups in total. The molecule has 0 radical (unpaired) electrons. The Labute approximate surface area is 157 Å². The van der Waals surface area contributed by atoms with Crippen molar-refractivity contribution in [3.8, 4) is 0 Å². The van der Waals surface area contributed by atoms with Gasteiger partial charge in [-0.05, 0) is 31.2 Å². The molecule has 1 heterocycles. The fraction of sp³-hybridized carbons (Fsp3) is 0.0526. The molecule has 1 amide bonds. The summed E-state index contributed by atoms with van der Waals surface area (Å²) < 4.78 is 40.0. The molecule has 9 heteroatoms. The van der Waals surface area contributed by atoms with Gasteiger partial charge in [-0.3, -0.25) is 9.59 Å². The molecule has 0 aliphatic rings. The van der Waals surface area contributed by atoms with E-state index in [2.05, 4.69) is 20.6 Å². The molecule has 0 aliphatic heterocycles. The number of carbonyl (C=O) groups is 2. The van der Waals surface area contributed by atoms with Crippen molar-refractivity contribution in [2.45, 2.75) is 6.92 Å². The highest BCUT2D eigenvalue weighted by Crippen LogP contribution is 2.21. The molecule has 3 rings (SSSR count). The van der Waals surface area contributed by atoms with Crippen LogP contribution in [0.5, 0.6) is 0 Å². The normalized spacial score (nSPS) is 10.4. The van der Waals surface area contributed by atoms with Gasteiger partial charge in [-0.2, -0.15) is 0 Å². The first kappa shape index (κ1) is 19.0. The van der Waals surface area contributed by atoms with Crippen LogP contribution in [-0.2, 0) is 0 Å². The topological polar surface area (TPSA) is 84.0 Å². The number of anilines is 3. The van der Waals surface area contributed by atoms with Gasteiger partial charge in [0.2, 0.25) is 0 Å². The quantitative estimate of drug-likeness (QED) is 0.510. The molecule has 0 atom stereocenters. The molecule has 0 saturated heterocycles. The van der Waals surface area contributed by atoms with Crippen molar-refractivity contribution in [1.82, 2.24) is 9.97 Å². The SMILES string of the molecule is CC(=O)c1cccc(Nc2cc(C(=O)Nc3ccc(F)c(F)c3F)ncn2)c1. The van der Waals surface area contributed by atoms with Gasteiger partial charge in [0, 0.05) is 17.3 Å². The Morgan fingerprint density at radius 2 is 1.75 bits per heavy atom. The van der Waals surface area contributed by atoms with Gasteiger partial charge in [-0.15, -0.1) is 0 Å². The molecular formula is C19H13F3N4O2. The van der Waals surface area contributed by atoms with Crippen molar-refractivity contribution in [2.24, 2.45) is 0 Å². The summed E-state index contributed by atoms with van der Waals surface area (Å²) in [6, 6.07) is 9.53. The standard InChI is InChI=1S/C19H13F3N4O2/c1-10(27)11-3-2-4-12(7-11)25-16-8-15(23-9-24-16)19(28)26-14-6-5-13(20)17(21)18(14)22/h2-9H,1H3,(H,26,28)(H,23,24,25). The second-order valence-corrected chi connectivity index (χ2v) is 5.73. The molecule has 1 aromatic heterocycles. The van der Waals surface area contributed by atoms with Crippen molar-refractivity contribution < 1.29 is 22.8 Å². The second kappa shape index (κ2) is 7.87. The number of aromatic nitrogens is 2. The maximum Gasteiger partial charge on any atom is 0.274 e. The van der Waals surface area contributed by atoms with Crippen LogP contribution in [0.25, 0.3) is 0 Å². The molecule has 0 saturated carbocycles. The van der Waals surface area contributed by atoms with E-state index in [-0.39, 0.29) is 17.3 Å². The number of hydrogen-bond donors (Lipinski definition) is 2. The molecule has 0 bridgehead atoms. The van der Waals surface area contributed by atoms with E-state index in [4.69, 9.17) is 0 Å². The Morgan fingerprint density at radius 3 is 2.50 bits per heavy atom. The lowest BCUT2D eigenvalue weighted by atomic mass is 10.1. The van der Waals surface area contributed by atoms with E-state index in [1.165, 1.54) is 13.0 Å². The maximum atomic E-state index is 13.7. The van der Waals surface area contributed by atoms with Crippen molar-refractivity contribution in [3.63, 3.8) is 0 Å². The summed E-state index contributed by atoms with van der Waals surface area (Å²) in [5.41, 5.74) is 0.394. The summed E-state index contributed by atoms with van der Waals surface area (Å²) in [5.74, 6) is -5.27. The van der Waals surface area contributed by atoms with Gasteiger partial charge in [-0.1, -0.05) is 12.1 Å². The number of hydrogen-bond acceptors (Lipinski definition) is 5. The second-order valence-electron chi connectivity index (χ2n) is 5.73. The molecule has 0 fully saturated rings. The minimum atomic E-state index is -1.69. The zero-order chi connectivity index (χ0) is 20.3. The zero-order valence-corrected chi connectivity index (χ0v) is 14.5. The van der Waals surface area contributed by atoms with E-state index in [1.807, 2.05) is 0 Å². The van der Waals surface area contributed by atoms with Crippen LogP contribution in [0, 0.1) is 17.5 Å². The van der Waals surface area contributed by atoms with Crippen molar-refractivity contribution in [1.29, 1.82) is 0 Å². The largest absolute Gasteiger partial charge is 0.340 e. The summed E-state index contributed by atoms with van der Waals surface area (Å²) >= 11 is 0. The van der Waals surface area contributed by atoms with Gasteiger partial charge in [0.05, 0.1) is 5.69 Å². The average Bonchev–Trinajstić information content (AvgIpc) is 2.69. The highest BCUT2D eigenvalue weighted by molar-refractivity contribution is 6.03. The van der Waals surface area contributed by atoms with E-state index in [9.17, 15) is 22.8 Å². The third-order valence-corrected chi connectivity index (χ3v) is 3.72. The van der Waals surface area contributed by atoms with E-state index in [1.54, 1.807) is 24.3 Å². The molecule has 0 spiro atoms. The smallest absolute Gasteiger partial charge is 0.274 e. The predicted octanol–water partition coefficient (Wildman–Crippen LogP) is 4.09. The number of rotatable bonds is 5. The fourth-order valence-corrected chi connectivity index (χ4v) is 2.32. The van der Waals surface area contributed by atoms with Gasteiger partial charge < -0.3 is 10.6 Å². The van der Waals surface area contributed by atoms with Crippen LogP contribution in [-0.4, -0.2) is 21.7 Å². The van der Waals surface area contributed by atoms with Gasteiger partial charge in [0.1, 0.15) is 17.8 Å². The number of carbonyl (C=O) groups excluding carboxylic acids is 2. The van der Waals surface area contributed by atoms with E-state index >= 15 is 0 Å². The Hall–Kier alpha value is -3.75. The Balaban J connectivity index is 1.79. The number of ketones is 1. The highest BCUT2D eigenvalue weighted by Gasteiger charge is 2.17. The fourth-order valence-electron chi connectivity index (χ4n) is 2.32. The summed E-state index contributed by atoms with van der Waals surface area (Å²) in [6.07, 6.45) is 1.10. The van der Waals surface area contributed by atoms with Crippen molar-refractivity contribution in [3.05, 3.63) is 77.5 Å². The maximum absolute atomic E-state index is 13.7. The lowest BCUT2D eigenvalue weighted by Crippen LogP contribution is -2.16. The first-order valence-electron chi connectivity index (χ1n) is 8.00. The van der Waals surface area contributed by atoms with Crippen LogP contribution in [0.1, 0.15) is 27.8 Å². The molecule has 142 valence electrons. The zero-order valence-electron chi connectivity index (χ0n) is 14.5. The van der Waals surface area contributed by atoms with E-state index in [0.29, 0.717) is 17.3 Å². The monoisotopic (exact) mass is 386 g/mol. The minimum absolute atomic E-state index is 0.111. The minimum Gasteiger partial charge on any atom is -0.340 e. The van der Waals surface area contributed by atoms with E-state index in [0.717, 1.165) is 12.4 Å². The molecule has 3 aromatic rings. The lowest BCUT2D eigenvalue weighted by Gasteiger charge is -2.09. The number of halogens is 3. The average molecular weight is 386 g/mol. The number of nitrogens with zero attached hydrogens (tertiary/aromatic N) is 2.